The molecule has 0 aromatic carbocycles. The first-order valence-corrected chi connectivity index (χ1v) is 3.69. The van der Waals surface area contributed by atoms with Crippen molar-refractivity contribution in [2.45, 2.75) is 0 Å². The maximum Gasteiger partial charge on any atom is 0 e. The van der Waals surface area contributed by atoms with E-state index in [0.717, 1.165) is 0 Å². The fraction of sp³-hybridized carbons (Fsp3) is 0. The summed E-state index contributed by atoms with van der Waals surface area (Å²) in [4.78, 5) is 0. The summed E-state index contributed by atoms with van der Waals surface area (Å²) in [5, 5.41) is 0. The van der Waals surface area contributed by atoms with Gasteiger partial charge in [-0.15, -0.1) is 0 Å². The van der Waals surface area contributed by atoms with Crippen molar-refractivity contribution in [2.24, 2.45) is 0 Å². The molecule has 0 saturated carbocycles. The predicted octanol–water partition coefficient (Wildman–Crippen LogP) is -2.23. The molecular weight excluding hydrogens is 342 g/mol. The van der Waals surface area contributed by atoms with Gasteiger partial charge in [-0.25, -0.2) is 0 Å². The van der Waals surface area contributed by atoms with E-state index in [4.69, 9.17) is 14.8 Å². The van der Waals surface area contributed by atoms with Gasteiger partial charge in [-0.3, -0.25) is 0 Å². The average molecular weight is 346 g/mol. The average Bonchev–Trinajstić information content (AvgIpc) is 0.722. The Labute approximate surface area is 92.9 Å². The van der Waals surface area contributed by atoms with Gasteiger partial charge in [0.1, 0.15) is 0 Å². The van der Waals surface area contributed by atoms with Crippen LogP contribution < -0.4 is 0 Å². The van der Waals surface area contributed by atoms with E-state index in [1.54, 1.807) is 0 Å². The van der Waals surface area contributed by atoms with Crippen molar-refractivity contribution in [3.63, 3.8) is 0 Å². The molecule has 39 valence electrons. The first-order chi connectivity index (χ1) is 2.00. The van der Waals surface area contributed by atoms with E-state index in [0.29, 0.717) is 0 Å². The maximum atomic E-state index is 7.38. The molecule has 0 heterocycles. The van der Waals surface area contributed by atoms with E-state index in [-0.39, 0.29) is 61.8 Å². The largest absolute Gasteiger partial charge is 0 e. The molecule has 0 rings (SSSR count). The molecule has 0 aliphatic rings. The zero-order chi connectivity index (χ0) is 4.50. The second-order valence-corrected chi connectivity index (χ2v) is 2.47. The van der Waals surface area contributed by atoms with Gasteiger partial charge in [-0.2, -0.15) is 0 Å². The van der Waals surface area contributed by atoms with Crippen molar-refractivity contribution in [3.05, 3.63) is 0 Å². The zero-order valence-corrected chi connectivity index (χ0v) is 11.0. The van der Waals surface area contributed by atoms with Gasteiger partial charge >= 0.3 is 32.9 Å². The Hall–Kier alpha value is 2.63. The molecule has 0 aliphatic carbocycles. The summed E-state index contributed by atoms with van der Waals surface area (Å²) in [5.74, 6) is 0. The van der Waals surface area contributed by atoms with Crippen LogP contribution in [0.1, 0.15) is 0 Å². The molecule has 0 unspecified atom stereocenters. The van der Waals surface area contributed by atoms with Crippen LogP contribution in [0, 0.1) is 35.6 Å². The molecule has 0 amide bonds. The topological polar surface area (TPSA) is 80.9 Å². The summed E-state index contributed by atoms with van der Waals surface area (Å²) < 4.78 is 29.5. The van der Waals surface area contributed by atoms with Crippen LogP contribution in [-0.4, -0.2) is 14.8 Å². The third-order valence-corrected chi connectivity index (χ3v) is 0. The predicted molar refractivity (Wildman–Crippen MR) is 8.88 cm³/mol. The summed E-state index contributed by atoms with van der Waals surface area (Å²) in [6.45, 7) is 0. The molecular formula is H4LaO4TiZr. The Balaban J connectivity index is -0.0000000800. The summed E-state index contributed by atoms with van der Waals surface area (Å²) in [7, 11) is 0. The minimum atomic E-state index is -5.00. The normalized spacial score (nSPS) is 8.57. The van der Waals surface area contributed by atoms with Gasteiger partial charge in [0.15, 0.2) is 0 Å². The van der Waals surface area contributed by atoms with Crippen LogP contribution in [-0.2, 0) is 44.3 Å². The first-order valence-electron chi connectivity index (χ1n) is 0.894. The third kappa shape index (κ3) is 54.8. The van der Waals surface area contributed by atoms with Crippen molar-refractivity contribution in [1.82, 2.24) is 0 Å². The van der Waals surface area contributed by atoms with Crippen LogP contribution in [0.15, 0.2) is 0 Å². The monoisotopic (exact) mass is 345 g/mol. The summed E-state index contributed by atoms with van der Waals surface area (Å²) in [6, 6.07) is 0. The van der Waals surface area contributed by atoms with Gasteiger partial charge in [-0.05, 0) is 0 Å². The van der Waals surface area contributed by atoms with Gasteiger partial charge in [0, 0.05) is 61.8 Å². The van der Waals surface area contributed by atoms with E-state index in [1.807, 2.05) is 0 Å². The van der Waals surface area contributed by atoms with Crippen LogP contribution in [0.4, 0.5) is 0 Å². The molecule has 7 heavy (non-hydrogen) atoms. The molecule has 7 heteroatoms. The quantitative estimate of drug-likeness (QED) is 0.374. The van der Waals surface area contributed by atoms with Crippen molar-refractivity contribution in [3.8, 4) is 0 Å². The van der Waals surface area contributed by atoms with E-state index >= 15 is 0 Å². The summed E-state index contributed by atoms with van der Waals surface area (Å²) in [6.07, 6.45) is 0. The summed E-state index contributed by atoms with van der Waals surface area (Å²) in [5.41, 5.74) is 0. The molecule has 0 aromatic heterocycles. The van der Waals surface area contributed by atoms with Crippen molar-refractivity contribution in [2.75, 3.05) is 0 Å². The zero-order valence-electron chi connectivity index (χ0n) is 3.37. The maximum absolute atomic E-state index is 7.38. The molecule has 4 N–H and O–H groups in total. The van der Waals surface area contributed by atoms with Crippen molar-refractivity contribution in [1.29, 1.82) is 0 Å². The molecule has 0 bridgehead atoms. The van der Waals surface area contributed by atoms with Crippen LogP contribution in [0.3, 0.4) is 0 Å². The minimum Gasteiger partial charge on any atom is 0 e. The van der Waals surface area contributed by atoms with Gasteiger partial charge in [-0.1, -0.05) is 0 Å². The standard InChI is InChI=1S/La.4H2O.Ti.Zr/h;4*1H2;;/q;;;;;+4;/p-4. The molecule has 0 aromatic rings. The number of rotatable bonds is 0. The Morgan fingerprint density at radius 3 is 0.857 bits per heavy atom. The van der Waals surface area contributed by atoms with Gasteiger partial charge in [0.2, 0.25) is 0 Å². The Kier molecular flexibility index (Phi) is 15.7. The smallest absolute Gasteiger partial charge is 0 e. The molecule has 1 radical (unpaired) electrons. The number of hydrogen-bond donors (Lipinski definition) is 4. The first kappa shape index (κ1) is 16.3. The molecule has 0 saturated heterocycles. The van der Waals surface area contributed by atoms with Crippen LogP contribution in [0.5, 0.6) is 0 Å². The fourth-order valence-electron chi connectivity index (χ4n) is 0. The van der Waals surface area contributed by atoms with Crippen molar-refractivity contribution >= 4 is 0 Å². The molecule has 0 fully saturated rings. The van der Waals surface area contributed by atoms with Crippen LogP contribution in [0.25, 0.3) is 0 Å². The van der Waals surface area contributed by atoms with Gasteiger partial charge in [0.25, 0.3) is 0 Å². The van der Waals surface area contributed by atoms with E-state index < -0.39 is 18.1 Å². The van der Waals surface area contributed by atoms with E-state index in [1.165, 1.54) is 0 Å². The van der Waals surface area contributed by atoms with Crippen molar-refractivity contribution < 1.29 is 94.7 Å². The summed E-state index contributed by atoms with van der Waals surface area (Å²) >= 11 is -5.00. The molecule has 4 nitrogen and oxygen atoms in total. The van der Waals surface area contributed by atoms with E-state index in [2.05, 4.69) is 0 Å². The molecule has 0 atom stereocenters. The minimum absolute atomic E-state index is 0. The second-order valence-electron chi connectivity index (χ2n) is 0.600. The SMILES string of the molecule is [La].[OH][Ti]([OH])([OH])[OH].[Zr]. The molecule has 0 spiro atoms. The Morgan fingerprint density at radius 1 is 0.857 bits per heavy atom. The van der Waals surface area contributed by atoms with Crippen LogP contribution >= 0.6 is 0 Å². The number of hydrogen-bond acceptors (Lipinski definition) is 4. The Morgan fingerprint density at radius 2 is 0.857 bits per heavy atom. The van der Waals surface area contributed by atoms with Gasteiger partial charge in [0.05, 0.1) is 0 Å². The third-order valence-electron chi connectivity index (χ3n) is 0. The Bertz CT molecular complexity index is 27.2. The van der Waals surface area contributed by atoms with E-state index in [9.17, 15) is 0 Å². The second kappa shape index (κ2) is 6.75. The van der Waals surface area contributed by atoms with Crippen LogP contribution in [0.2, 0.25) is 0 Å². The van der Waals surface area contributed by atoms with Gasteiger partial charge < -0.3 is 0 Å². The fourth-order valence-corrected chi connectivity index (χ4v) is 0. The molecule has 0 aliphatic heterocycles.